The quantitative estimate of drug-likeness (QED) is 0.727. The lowest BCUT2D eigenvalue weighted by Crippen LogP contribution is -2.34. The van der Waals surface area contributed by atoms with Crippen molar-refractivity contribution in [1.29, 1.82) is 0 Å². The summed E-state index contributed by atoms with van der Waals surface area (Å²) in [5, 5.41) is 0. The largest absolute Gasteiger partial charge is 0.455 e. The first-order valence-corrected chi connectivity index (χ1v) is 7.84. The van der Waals surface area contributed by atoms with Gasteiger partial charge in [-0.3, -0.25) is 0 Å². The number of fused-ring (bicyclic) bond motifs is 1. The molecule has 1 aliphatic carbocycles. The third-order valence-corrected chi connectivity index (χ3v) is 5.37. The Morgan fingerprint density at radius 3 is 2.63 bits per heavy atom. The zero-order valence-corrected chi connectivity index (χ0v) is 12.5. The summed E-state index contributed by atoms with van der Waals surface area (Å²) < 4.78 is 6.11. The molecule has 3 rings (SSSR count). The van der Waals surface area contributed by atoms with Crippen molar-refractivity contribution in [2.24, 2.45) is 17.8 Å². The van der Waals surface area contributed by atoms with Gasteiger partial charge in [-0.2, -0.15) is 0 Å². The highest BCUT2D eigenvalue weighted by atomic mass is 32.2. The van der Waals surface area contributed by atoms with E-state index in [1.807, 2.05) is 24.8 Å². The molecule has 1 aromatic carbocycles. The predicted molar refractivity (Wildman–Crippen MR) is 81.2 cm³/mol. The molecule has 1 aromatic rings. The fourth-order valence-electron chi connectivity index (χ4n) is 3.22. The van der Waals surface area contributed by atoms with Crippen molar-refractivity contribution in [3.8, 4) is 5.75 Å². The highest BCUT2D eigenvalue weighted by Gasteiger charge is 2.40. The Labute approximate surface area is 119 Å². The molecule has 100 valence electrons. The maximum absolute atomic E-state index is 6.11. The number of rotatable bonds is 2. The number of hydrogen-bond acceptors (Lipinski definition) is 2. The molecule has 1 aliphatic heterocycles. The van der Waals surface area contributed by atoms with E-state index in [0.717, 1.165) is 23.3 Å². The second-order valence-corrected chi connectivity index (χ2v) is 6.68. The predicted octanol–water partition coefficient (Wildman–Crippen LogP) is 5.25. The Morgan fingerprint density at radius 1 is 1.21 bits per heavy atom. The van der Waals surface area contributed by atoms with Crippen LogP contribution in [0.1, 0.15) is 27.2 Å². The summed E-state index contributed by atoms with van der Waals surface area (Å²) in [7, 11) is 0. The van der Waals surface area contributed by atoms with Crippen molar-refractivity contribution < 1.29 is 4.74 Å². The third-order valence-electron chi connectivity index (χ3n) is 4.12. The van der Waals surface area contributed by atoms with Gasteiger partial charge in [0.25, 0.3) is 0 Å². The second kappa shape index (κ2) is 5.09. The van der Waals surface area contributed by atoms with Crippen LogP contribution in [0.15, 0.2) is 52.0 Å². The summed E-state index contributed by atoms with van der Waals surface area (Å²) in [6.07, 6.45) is 5.51. The number of para-hydroxylation sites is 1. The Hall–Kier alpha value is -1.15. The van der Waals surface area contributed by atoms with Gasteiger partial charge >= 0.3 is 0 Å². The third kappa shape index (κ3) is 2.23. The van der Waals surface area contributed by atoms with Crippen molar-refractivity contribution in [2.45, 2.75) is 32.1 Å². The van der Waals surface area contributed by atoms with Gasteiger partial charge in [0, 0.05) is 4.91 Å². The molecule has 1 saturated carbocycles. The molecule has 19 heavy (non-hydrogen) atoms. The molecule has 0 aromatic heterocycles. The first kappa shape index (κ1) is 12.9. The number of ether oxygens (including phenoxy) is 1. The van der Waals surface area contributed by atoms with Gasteiger partial charge in [0.2, 0.25) is 0 Å². The van der Waals surface area contributed by atoms with Crippen LogP contribution in [0.3, 0.4) is 0 Å². The van der Waals surface area contributed by atoms with E-state index >= 15 is 0 Å². The van der Waals surface area contributed by atoms with E-state index in [1.165, 1.54) is 16.2 Å². The van der Waals surface area contributed by atoms with Gasteiger partial charge in [0.05, 0.1) is 4.90 Å². The van der Waals surface area contributed by atoms with Gasteiger partial charge in [-0.15, -0.1) is 0 Å². The lowest BCUT2D eigenvalue weighted by atomic mass is 9.66. The van der Waals surface area contributed by atoms with Gasteiger partial charge < -0.3 is 4.74 Å². The highest BCUT2D eigenvalue weighted by molar-refractivity contribution is 8.03. The van der Waals surface area contributed by atoms with Crippen LogP contribution in [0.2, 0.25) is 0 Å². The van der Waals surface area contributed by atoms with Crippen molar-refractivity contribution in [1.82, 2.24) is 0 Å². The Morgan fingerprint density at radius 2 is 1.95 bits per heavy atom. The maximum Gasteiger partial charge on any atom is 0.141 e. The van der Waals surface area contributed by atoms with Crippen LogP contribution in [-0.2, 0) is 0 Å². The van der Waals surface area contributed by atoms with E-state index in [1.54, 1.807) is 0 Å². The molecule has 0 N–H and O–H groups in total. The van der Waals surface area contributed by atoms with Gasteiger partial charge in [0.1, 0.15) is 11.5 Å². The molecular weight excluding hydrogens is 252 g/mol. The average Bonchev–Trinajstić information content (AvgIpc) is 2.39. The first-order valence-electron chi connectivity index (χ1n) is 7.02. The normalized spacial score (nSPS) is 29.9. The zero-order valence-electron chi connectivity index (χ0n) is 11.7. The number of thioether (sulfide) groups is 1. The Bertz CT molecular complexity index is 536. The minimum absolute atomic E-state index is 0.657. The molecule has 1 fully saturated rings. The van der Waals surface area contributed by atoms with Crippen LogP contribution >= 0.6 is 11.8 Å². The smallest absolute Gasteiger partial charge is 0.141 e. The standard InChI is InChI=1S/C17H20OS/c1-4-7-14-17(16-11(2)10-12(16)3)19-15-9-6-5-8-13(15)18-14/h4-9,11-12,16H,10H2,1-3H3/b7-4-. The van der Waals surface area contributed by atoms with E-state index in [-0.39, 0.29) is 0 Å². The highest BCUT2D eigenvalue weighted by Crippen LogP contribution is 2.54. The molecule has 0 saturated heterocycles. The molecular formula is C17H20OS. The summed E-state index contributed by atoms with van der Waals surface area (Å²) in [6, 6.07) is 8.32. The monoisotopic (exact) mass is 272 g/mol. The van der Waals surface area contributed by atoms with Crippen molar-refractivity contribution in [3.63, 3.8) is 0 Å². The summed E-state index contributed by atoms with van der Waals surface area (Å²) in [5.41, 5.74) is 0. The van der Waals surface area contributed by atoms with E-state index in [0.29, 0.717) is 5.92 Å². The fourth-order valence-corrected chi connectivity index (χ4v) is 4.62. The average molecular weight is 272 g/mol. The summed E-state index contributed by atoms with van der Waals surface area (Å²) in [5.74, 6) is 4.24. The lowest BCUT2D eigenvalue weighted by molar-refractivity contribution is 0.140. The molecule has 0 spiro atoms. The summed E-state index contributed by atoms with van der Waals surface area (Å²) in [6.45, 7) is 6.75. The van der Waals surface area contributed by atoms with Crippen LogP contribution in [0, 0.1) is 17.8 Å². The minimum Gasteiger partial charge on any atom is -0.455 e. The maximum atomic E-state index is 6.11. The van der Waals surface area contributed by atoms with Gasteiger partial charge in [0.15, 0.2) is 0 Å². The van der Waals surface area contributed by atoms with Crippen LogP contribution in [0.25, 0.3) is 0 Å². The Kier molecular flexibility index (Phi) is 3.44. The fraction of sp³-hybridized carbons (Fsp3) is 0.412. The van der Waals surface area contributed by atoms with E-state index in [4.69, 9.17) is 4.74 Å². The van der Waals surface area contributed by atoms with Crippen LogP contribution in [0.4, 0.5) is 0 Å². The number of benzene rings is 1. The van der Waals surface area contributed by atoms with Gasteiger partial charge in [-0.1, -0.05) is 43.8 Å². The molecule has 0 radical (unpaired) electrons. The molecule has 2 heteroatoms. The van der Waals surface area contributed by atoms with E-state index < -0.39 is 0 Å². The molecule has 1 heterocycles. The van der Waals surface area contributed by atoms with Crippen LogP contribution in [0.5, 0.6) is 5.75 Å². The summed E-state index contributed by atoms with van der Waals surface area (Å²) in [4.78, 5) is 2.67. The van der Waals surface area contributed by atoms with Crippen molar-refractivity contribution in [3.05, 3.63) is 47.1 Å². The summed E-state index contributed by atoms with van der Waals surface area (Å²) >= 11 is 1.90. The molecule has 1 nitrogen and oxygen atoms in total. The second-order valence-electron chi connectivity index (χ2n) is 5.60. The topological polar surface area (TPSA) is 9.23 Å². The van der Waals surface area contributed by atoms with Crippen LogP contribution in [-0.4, -0.2) is 0 Å². The Balaban J connectivity index is 1.99. The zero-order chi connectivity index (χ0) is 13.4. The number of allylic oxidation sites excluding steroid dienone is 3. The lowest BCUT2D eigenvalue weighted by Gasteiger charge is -2.43. The molecule has 0 amide bonds. The molecule has 2 aliphatic rings. The van der Waals surface area contributed by atoms with Crippen LogP contribution < -0.4 is 4.74 Å². The van der Waals surface area contributed by atoms with E-state index in [9.17, 15) is 0 Å². The van der Waals surface area contributed by atoms with Gasteiger partial charge in [-0.05, 0) is 49.3 Å². The van der Waals surface area contributed by atoms with E-state index in [2.05, 4.69) is 44.2 Å². The van der Waals surface area contributed by atoms with Crippen molar-refractivity contribution in [2.75, 3.05) is 0 Å². The van der Waals surface area contributed by atoms with Crippen molar-refractivity contribution >= 4 is 11.8 Å². The van der Waals surface area contributed by atoms with Gasteiger partial charge in [-0.25, -0.2) is 0 Å². The molecule has 0 bridgehead atoms. The molecule has 2 unspecified atom stereocenters. The first-order chi connectivity index (χ1) is 9.20. The SMILES string of the molecule is C/C=C\C1=C(C2C(C)CC2C)Sc2ccccc2O1. The number of hydrogen-bond donors (Lipinski definition) is 0. The molecule has 2 atom stereocenters. The minimum atomic E-state index is 0.657.